The first-order valence-corrected chi connectivity index (χ1v) is 12.0. The van der Waals surface area contributed by atoms with Gasteiger partial charge in [0.25, 0.3) is 0 Å². The van der Waals surface area contributed by atoms with Crippen LogP contribution in [0.25, 0.3) is 0 Å². The predicted octanol–water partition coefficient (Wildman–Crippen LogP) is 2.62. The quantitative estimate of drug-likeness (QED) is 0.748. The van der Waals surface area contributed by atoms with Gasteiger partial charge in [0.05, 0.1) is 11.4 Å². The lowest BCUT2D eigenvalue weighted by Gasteiger charge is -2.24. The molecule has 0 bridgehead atoms. The highest BCUT2D eigenvalue weighted by atomic mass is 32.2. The Balaban J connectivity index is 1.60. The van der Waals surface area contributed by atoms with E-state index in [1.807, 2.05) is 4.90 Å². The number of sulfonamides is 1. The van der Waals surface area contributed by atoms with Gasteiger partial charge in [0.2, 0.25) is 15.9 Å². The van der Waals surface area contributed by atoms with Crippen LogP contribution in [0.3, 0.4) is 0 Å². The maximum Gasteiger partial charge on any atom is 0.246 e. The van der Waals surface area contributed by atoms with Crippen LogP contribution in [0.15, 0.2) is 4.90 Å². The summed E-state index contributed by atoms with van der Waals surface area (Å²) in [5, 5.41) is 4.25. The fourth-order valence-electron chi connectivity index (χ4n) is 4.60. The first-order chi connectivity index (χ1) is 13.3. The molecule has 1 amide bonds. The SMILES string of the molecule is Cc1nn(C)c(C)c1S(=O)(=O)N1CCCN(C(=O)CCC2CCCCC2)CC1. The summed E-state index contributed by atoms with van der Waals surface area (Å²) in [5.41, 5.74) is 1.19. The second-order valence-corrected chi connectivity index (χ2v) is 10.2. The number of amides is 1. The van der Waals surface area contributed by atoms with E-state index in [4.69, 9.17) is 0 Å². The third-order valence-corrected chi connectivity index (χ3v) is 8.49. The van der Waals surface area contributed by atoms with E-state index >= 15 is 0 Å². The molecular weight excluding hydrogens is 376 g/mol. The molecule has 1 aromatic rings. The molecule has 0 aromatic carbocycles. The minimum Gasteiger partial charge on any atom is -0.341 e. The Morgan fingerprint density at radius 2 is 1.75 bits per heavy atom. The fraction of sp³-hybridized carbons (Fsp3) is 0.800. The molecule has 2 fully saturated rings. The molecular formula is C20H34N4O3S. The third kappa shape index (κ3) is 4.59. The molecule has 1 aliphatic heterocycles. The number of hydrogen-bond donors (Lipinski definition) is 0. The number of rotatable bonds is 5. The van der Waals surface area contributed by atoms with Crippen molar-refractivity contribution in [2.75, 3.05) is 26.2 Å². The van der Waals surface area contributed by atoms with Crippen molar-refractivity contribution in [2.45, 2.75) is 70.1 Å². The third-order valence-electron chi connectivity index (χ3n) is 6.34. The molecule has 0 N–H and O–H groups in total. The molecule has 1 aliphatic carbocycles. The zero-order valence-corrected chi connectivity index (χ0v) is 18.3. The monoisotopic (exact) mass is 410 g/mol. The van der Waals surface area contributed by atoms with E-state index in [0.29, 0.717) is 61.2 Å². The van der Waals surface area contributed by atoms with Crippen molar-refractivity contribution in [3.05, 3.63) is 11.4 Å². The maximum absolute atomic E-state index is 13.2. The Kier molecular flexibility index (Phi) is 6.81. The summed E-state index contributed by atoms with van der Waals surface area (Å²) < 4.78 is 29.5. The molecule has 0 atom stereocenters. The highest BCUT2D eigenvalue weighted by molar-refractivity contribution is 7.89. The van der Waals surface area contributed by atoms with Crippen molar-refractivity contribution < 1.29 is 13.2 Å². The lowest BCUT2D eigenvalue weighted by atomic mass is 9.86. The Morgan fingerprint density at radius 3 is 2.39 bits per heavy atom. The molecule has 1 saturated heterocycles. The molecule has 2 aliphatic rings. The lowest BCUT2D eigenvalue weighted by molar-refractivity contribution is -0.131. The van der Waals surface area contributed by atoms with Crippen molar-refractivity contribution in [2.24, 2.45) is 13.0 Å². The molecule has 7 nitrogen and oxygen atoms in total. The van der Waals surface area contributed by atoms with Crippen LogP contribution < -0.4 is 0 Å². The number of nitrogens with zero attached hydrogens (tertiary/aromatic N) is 4. The molecule has 1 aromatic heterocycles. The second kappa shape index (κ2) is 8.95. The average molecular weight is 411 g/mol. The molecule has 0 spiro atoms. The smallest absolute Gasteiger partial charge is 0.246 e. The van der Waals surface area contributed by atoms with Gasteiger partial charge in [0, 0.05) is 39.6 Å². The van der Waals surface area contributed by atoms with Crippen molar-refractivity contribution in [1.82, 2.24) is 19.0 Å². The summed E-state index contributed by atoms with van der Waals surface area (Å²) in [6.45, 7) is 5.43. The Hall–Kier alpha value is -1.41. The summed E-state index contributed by atoms with van der Waals surface area (Å²) in [4.78, 5) is 14.9. The van der Waals surface area contributed by atoms with E-state index in [2.05, 4.69) is 5.10 Å². The van der Waals surface area contributed by atoms with Crippen molar-refractivity contribution >= 4 is 15.9 Å². The van der Waals surface area contributed by atoms with Gasteiger partial charge in [-0.3, -0.25) is 9.48 Å². The van der Waals surface area contributed by atoms with Crippen LogP contribution in [0.4, 0.5) is 0 Å². The average Bonchev–Trinajstić information content (AvgIpc) is 2.84. The number of carbonyl (C=O) groups is 1. The van der Waals surface area contributed by atoms with Crippen LogP contribution in [0, 0.1) is 19.8 Å². The van der Waals surface area contributed by atoms with Crippen molar-refractivity contribution in [1.29, 1.82) is 0 Å². The minimum atomic E-state index is -3.59. The van der Waals surface area contributed by atoms with Crippen LogP contribution in [0.5, 0.6) is 0 Å². The predicted molar refractivity (Wildman–Crippen MR) is 108 cm³/mol. The Bertz CT molecular complexity index is 797. The molecule has 1 saturated carbocycles. The lowest BCUT2D eigenvalue weighted by Crippen LogP contribution is -2.37. The van der Waals surface area contributed by atoms with Crippen molar-refractivity contribution in [3.8, 4) is 0 Å². The van der Waals surface area contributed by atoms with Crippen LogP contribution in [-0.4, -0.2) is 59.5 Å². The van der Waals surface area contributed by atoms with Crippen LogP contribution in [0.2, 0.25) is 0 Å². The van der Waals surface area contributed by atoms with Gasteiger partial charge in [0.15, 0.2) is 0 Å². The molecule has 158 valence electrons. The molecule has 0 unspecified atom stereocenters. The molecule has 28 heavy (non-hydrogen) atoms. The van der Waals surface area contributed by atoms with Gasteiger partial charge in [0.1, 0.15) is 4.90 Å². The number of aryl methyl sites for hydroxylation is 2. The van der Waals surface area contributed by atoms with Crippen LogP contribution in [-0.2, 0) is 21.9 Å². The Morgan fingerprint density at radius 1 is 1.04 bits per heavy atom. The fourth-order valence-corrected chi connectivity index (χ4v) is 6.47. The van der Waals surface area contributed by atoms with Gasteiger partial charge in [-0.25, -0.2) is 8.42 Å². The summed E-state index contributed by atoms with van der Waals surface area (Å²) in [6, 6.07) is 0. The van der Waals surface area contributed by atoms with E-state index in [9.17, 15) is 13.2 Å². The van der Waals surface area contributed by atoms with E-state index < -0.39 is 10.0 Å². The van der Waals surface area contributed by atoms with Gasteiger partial charge in [-0.15, -0.1) is 0 Å². The molecule has 0 radical (unpaired) electrons. The minimum absolute atomic E-state index is 0.179. The summed E-state index contributed by atoms with van der Waals surface area (Å²) in [5.74, 6) is 0.872. The number of carbonyl (C=O) groups excluding carboxylic acids is 1. The normalized spacial score (nSPS) is 20.3. The van der Waals surface area contributed by atoms with Crippen LogP contribution in [0.1, 0.15) is 62.8 Å². The molecule has 2 heterocycles. The first kappa shape index (κ1) is 21.3. The van der Waals surface area contributed by atoms with E-state index in [-0.39, 0.29) is 5.91 Å². The van der Waals surface area contributed by atoms with E-state index in [0.717, 1.165) is 6.42 Å². The number of aromatic nitrogens is 2. The largest absolute Gasteiger partial charge is 0.341 e. The Labute approximate surface area is 169 Å². The summed E-state index contributed by atoms with van der Waals surface area (Å²) in [6.07, 6.45) is 8.67. The highest BCUT2D eigenvalue weighted by Crippen LogP contribution is 2.28. The molecule has 8 heteroatoms. The number of hydrogen-bond acceptors (Lipinski definition) is 4. The maximum atomic E-state index is 13.2. The van der Waals surface area contributed by atoms with Gasteiger partial charge in [-0.2, -0.15) is 9.40 Å². The van der Waals surface area contributed by atoms with Crippen LogP contribution >= 0.6 is 0 Å². The zero-order valence-electron chi connectivity index (χ0n) is 17.5. The standard InChI is InChI=1S/C20H34N4O3S/c1-16-20(17(2)22(3)21-16)28(26,27)24-13-7-12-23(14-15-24)19(25)11-10-18-8-5-4-6-9-18/h18H,4-15H2,1-3H3. The summed E-state index contributed by atoms with van der Waals surface area (Å²) in [7, 11) is -1.83. The highest BCUT2D eigenvalue weighted by Gasteiger charge is 2.32. The van der Waals surface area contributed by atoms with Gasteiger partial charge < -0.3 is 4.90 Å². The topological polar surface area (TPSA) is 75.5 Å². The van der Waals surface area contributed by atoms with Gasteiger partial charge >= 0.3 is 0 Å². The van der Waals surface area contributed by atoms with E-state index in [1.54, 1.807) is 25.6 Å². The van der Waals surface area contributed by atoms with Gasteiger partial charge in [-0.1, -0.05) is 32.1 Å². The van der Waals surface area contributed by atoms with Gasteiger partial charge in [-0.05, 0) is 32.6 Å². The first-order valence-electron chi connectivity index (χ1n) is 10.6. The second-order valence-electron chi connectivity index (χ2n) is 8.30. The van der Waals surface area contributed by atoms with E-state index in [1.165, 1.54) is 36.4 Å². The zero-order chi connectivity index (χ0) is 20.3. The van der Waals surface area contributed by atoms with Crippen molar-refractivity contribution in [3.63, 3.8) is 0 Å². The molecule has 3 rings (SSSR count). The summed E-state index contributed by atoms with van der Waals surface area (Å²) >= 11 is 0.